The maximum atomic E-state index is 13.0. The molecule has 1 saturated heterocycles. The minimum Gasteiger partial charge on any atom is -0.339 e. The summed E-state index contributed by atoms with van der Waals surface area (Å²) >= 11 is 0. The zero-order valence-corrected chi connectivity index (χ0v) is 15.8. The molecule has 2 aromatic rings. The summed E-state index contributed by atoms with van der Waals surface area (Å²) in [5.41, 5.74) is 1.75. The summed E-state index contributed by atoms with van der Waals surface area (Å²) < 4.78 is 26.3. The molecule has 2 aromatic carbocycles. The van der Waals surface area contributed by atoms with E-state index in [1.54, 1.807) is 24.3 Å². The number of carbonyl (C=O) groups excluding carboxylic acids is 1. The molecule has 0 atom stereocenters. The van der Waals surface area contributed by atoms with Crippen LogP contribution in [0, 0.1) is 0 Å². The van der Waals surface area contributed by atoms with Gasteiger partial charge in [0.2, 0.25) is 10.0 Å². The van der Waals surface area contributed by atoms with Crippen molar-refractivity contribution < 1.29 is 13.2 Å². The first-order valence-corrected chi connectivity index (χ1v) is 10.7. The van der Waals surface area contributed by atoms with E-state index in [0.717, 1.165) is 37.9 Å². The van der Waals surface area contributed by atoms with Crippen LogP contribution >= 0.6 is 0 Å². The van der Waals surface area contributed by atoms with Crippen LogP contribution in [-0.4, -0.2) is 38.6 Å². The van der Waals surface area contributed by atoms with E-state index >= 15 is 0 Å². The standard InChI is InChI=1S/C20H24N2O3S/c1-26(24,25)22(16-17-10-4-2-5-11-17)19-13-7-6-12-18(19)20(23)21-14-8-3-9-15-21/h2,4-7,10-13H,3,8-9,14-16H2,1H3. The SMILES string of the molecule is CS(=O)(=O)N(Cc1ccccc1)c1ccccc1C(=O)N1CCCCC1. The molecular weight excluding hydrogens is 348 g/mol. The number of anilines is 1. The molecule has 0 radical (unpaired) electrons. The average Bonchev–Trinajstić information content (AvgIpc) is 2.66. The summed E-state index contributed by atoms with van der Waals surface area (Å²) in [5.74, 6) is -0.0954. The van der Waals surface area contributed by atoms with E-state index < -0.39 is 10.0 Å². The predicted molar refractivity (Wildman–Crippen MR) is 104 cm³/mol. The fourth-order valence-corrected chi connectivity index (χ4v) is 4.17. The first-order chi connectivity index (χ1) is 12.5. The molecule has 1 heterocycles. The lowest BCUT2D eigenvalue weighted by molar-refractivity contribution is 0.0725. The van der Waals surface area contributed by atoms with Gasteiger partial charge in [-0.2, -0.15) is 0 Å². The molecule has 1 fully saturated rings. The number of para-hydroxylation sites is 1. The Bertz CT molecular complexity index is 860. The Kier molecular flexibility index (Phi) is 5.61. The van der Waals surface area contributed by atoms with Crippen molar-refractivity contribution in [3.63, 3.8) is 0 Å². The summed E-state index contributed by atoms with van der Waals surface area (Å²) in [5, 5.41) is 0. The van der Waals surface area contributed by atoms with E-state index in [4.69, 9.17) is 0 Å². The third-order valence-electron chi connectivity index (χ3n) is 4.62. The summed E-state index contributed by atoms with van der Waals surface area (Å²) in [7, 11) is -3.54. The number of benzene rings is 2. The van der Waals surface area contributed by atoms with E-state index in [2.05, 4.69) is 0 Å². The number of piperidine rings is 1. The molecule has 0 aromatic heterocycles. The van der Waals surface area contributed by atoms with Crippen molar-refractivity contribution in [1.29, 1.82) is 0 Å². The largest absolute Gasteiger partial charge is 0.339 e. The van der Waals surface area contributed by atoms with Crippen LogP contribution in [0.2, 0.25) is 0 Å². The highest BCUT2D eigenvalue weighted by Gasteiger charge is 2.26. The first-order valence-electron chi connectivity index (χ1n) is 8.87. The number of amides is 1. The topological polar surface area (TPSA) is 57.7 Å². The van der Waals surface area contributed by atoms with Gasteiger partial charge in [-0.05, 0) is 37.0 Å². The van der Waals surface area contributed by atoms with Gasteiger partial charge in [0.25, 0.3) is 5.91 Å². The summed E-state index contributed by atoms with van der Waals surface area (Å²) in [6.07, 6.45) is 4.30. The Morgan fingerprint density at radius 1 is 0.962 bits per heavy atom. The van der Waals surface area contributed by atoms with Crippen LogP contribution in [0.1, 0.15) is 35.2 Å². The smallest absolute Gasteiger partial charge is 0.255 e. The highest BCUT2D eigenvalue weighted by atomic mass is 32.2. The number of rotatable bonds is 5. The molecule has 0 spiro atoms. The fourth-order valence-electron chi connectivity index (χ4n) is 3.27. The summed E-state index contributed by atoms with van der Waals surface area (Å²) in [4.78, 5) is 14.8. The third kappa shape index (κ3) is 4.25. The maximum absolute atomic E-state index is 13.0. The number of carbonyl (C=O) groups is 1. The molecule has 1 aliphatic rings. The van der Waals surface area contributed by atoms with Crippen LogP contribution < -0.4 is 4.31 Å². The maximum Gasteiger partial charge on any atom is 0.255 e. The van der Waals surface area contributed by atoms with Crippen molar-refractivity contribution in [2.45, 2.75) is 25.8 Å². The van der Waals surface area contributed by atoms with Gasteiger partial charge in [-0.3, -0.25) is 9.10 Å². The van der Waals surface area contributed by atoms with Crippen molar-refractivity contribution in [3.8, 4) is 0 Å². The van der Waals surface area contributed by atoms with Crippen LogP contribution in [0.5, 0.6) is 0 Å². The van der Waals surface area contributed by atoms with Crippen molar-refractivity contribution in [2.24, 2.45) is 0 Å². The number of hydrogen-bond donors (Lipinski definition) is 0. The van der Waals surface area contributed by atoms with Crippen LogP contribution in [-0.2, 0) is 16.6 Å². The number of sulfonamides is 1. The molecule has 0 N–H and O–H groups in total. The lowest BCUT2D eigenvalue weighted by Gasteiger charge is -2.30. The van der Waals surface area contributed by atoms with E-state index in [0.29, 0.717) is 11.3 Å². The van der Waals surface area contributed by atoms with Gasteiger partial charge >= 0.3 is 0 Å². The molecule has 5 nitrogen and oxygen atoms in total. The molecule has 1 amide bonds. The van der Waals surface area contributed by atoms with Gasteiger partial charge in [0.05, 0.1) is 24.1 Å². The van der Waals surface area contributed by atoms with Gasteiger partial charge in [0, 0.05) is 13.1 Å². The molecular formula is C20H24N2O3S. The van der Waals surface area contributed by atoms with Gasteiger partial charge in [-0.1, -0.05) is 42.5 Å². The average molecular weight is 372 g/mol. The van der Waals surface area contributed by atoms with Crippen LogP contribution in [0.25, 0.3) is 0 Å². The van der Waals surface area contributed by atoms with Crippen molar-refractivity contribution >= 4 is 21.6 Å². The molecule has 1 aliphatic heterocycles. The van der Waals surface area contributed by atoms with Gasteiger partial charge in [-0.25, -0.2) is 8.42 Å². The summed E-state index contributed by atoms with van der Waals surface area (Å²) in [6, 6.07) is 16.4. The molecule has 0 unspecified atom stereocenters. The monoisotopic (exact) mass is 372 g/mol. The summed E-state index contributed by atoms with van der Waals surface area (Å²) in [6.45, 7) is 1.65. The lowest BCUT2D eigenvalue weighted by atomic mass is 10.1. The third-order valence-corrected chi connectivity index (χ3v) is 5.74. The molecule has 3 rings (SSSR count). The molecule has 0 saturated carbocycles. The van der Waals surface area contributed by atoms with Crippen molar-refractivity contribution in [2.75, 3.05) is 23.7 Å². The molecule has 26 heavy (non-hydrogen) atoms. The van der Waals surface area contributed by atoms with Crippen LogP contribution in [0.4, 0.5) is 5.69 Å². The number of likely N-dealkylation sites (tertiary alicyclic amines) is 1. The number of hydrogen-bond acceptors (Lipinski definition) is 3. The highest BCUT2D eigenvalue weighted by molar-refractivity contribution is 7.92. The van der Waals surface area contributed by atoms with Gasteiger partial charge in [-0.15, -0.1) is 0 Å². The normalized spacial score (nSPS) is 14.9. The van der Waals surface area contributed by atoms with Crippen LogP contribution in [0.3, 0.4) is 0 Å². The van der Waals surface area contributed by atoms with Gasteiger partial charge < -0.3 is 4.90 Å². The first kappa shape index (κ1) is 18.5. The fraction of sp³-hybridized carbons (Fsp3) is 0.350. The van der Waals surface area contributed by atoms with Crippen molar-refractivity contribution in [1.82, 2.24) is 4.90 Å². The van der Waals surface area contributed by atoms with E-state index in [9.17, 15) is 13.2 Å². The second kappa shape index (κ2) is 7.91. The molecule has 138 valence electrons. The zero-order valence-electron chi connectivity index (χ0n) is 15.0. The molecule has 0 bridgehead atoms. The zero-order chi connectivity index (χ0) is 18.6. The Morgan fingerprint density at radius 3 is 2.23 bits per heavy atom. The minimum atomic E-state index is -3.54. The number of nitrogens with zero attached hydrogens (tertiary/aromatic N) is 2. The highest BCUT2D eigenvalue weighted by Crippen LogP contribution is 2.27. The Hall–Kier alpha value is -2.34. The predicted octanol–water partition coefficient (Wildman–Crippen LogP) is 3.28. The Labute approximate surface area is 155 Å². The van der Waals surface area contributed by atoms with Gasteiger partial charge in [0.15, 0.2) is 0 Å². The Balaban J connectivity index is 1.98. The molecule has 0 aliphatic carbocycles. The second-order valence-corrected chi connectivity index (χ2v) is 8.53. The quantitative estimate of drug-likeness (QED) is 0.809. The minimum absolute atomic E-state index is 0.0954. The van der Waals surface area contributed by atoms with E-state index in [-0.39, 0.29) is 12.5 Å². The Morgan fingerprint density at radius 2 is 1.58 bits per heavy atom. The second-order valence-electron chi connectivity index (χ2n) is 6.63. The molecule has 6 heteroatoms. The van der Waals surface area contributed by atoms with E-state index in [1.807, 2.05) is 35.2 Å². The van der Waals surface area contributed by atoms with E-state index in [1.165, 1.54) is 10.6 Å². The van der Waals surface area contributed by atoms with Gasteiger partial charge in [0.1, 0.15) is 0 Å². The lowest BCUT2D eigenvalue weighted by Crippen LogP contribution is -2.37. The van der Waals surface area contributed by atoms with Crippen molar-refractivity contribution in [3.05, 3.63) is 65.7 Å². The van der Waals surface area contributed by atoms with Crippen LogP contribution in [0.15, 0.2) is 54.6 Å².